The highest BCUT2D eigenvalue weighted by molar-refractivity contribution is 7.89. The predicted molar refractivity (Wildman–Crippen MR) is 103 cm³/mol. The van der Waals surface area contributed by atoms with Crippen molar-refractivity contribution in [2.45, 2.75) is 23.9 Å². The molecule has 1 N–H and O–H groups in total. The Morgan fingerprint density at radius 2 is 1.77 bits per heavy atom. The molecule has 0 aromatic heterocycles. The molecule has 0 radical (unpaired) electrons. The smallest absolute Gasteiger partial charge is 0.240 e. The van der Waals surface area contributed by atoms with E-state index in [1.165, 1.54) is 6.07 Å². The van der Waals surface area contributed by atoms with E-state index >= 15 is 0 Å². The van der Waals surface area contributed by atoms with Crippen LogP contribution in [0.2, 0.25) is 5.02 Å². The maximum absolute atomic E-state index is 12.8. The Bertz CT molecular complexity index is 824. The number of hydrogen-bond acceptors (Lipinski definition) is 4. The second kappa shape index (κ2) is 8.50. The lowest BCUT2D eigenvalue weighted by atomic mass is 9.99. The average molecular weight is 395 g/mol. The van der Waals surface area contributed by atoms with Gasteiger partial charge in [0.2, 0.25) is 10.0 Å². The minimum atomic E-state index is -3.67. The molecule has 0 bridgehead atoms. The molecule has 3 rings (SSSR count). The number of nitrogens with zero attached hydrogens (tertiary/aromatic N) is 1. The number of rotatable bonds is 6. The van der Waals surface area contributed by atoms with Gasteiger partial charge in [-0.3, -0.25) is 4.90 Å². The minimum absolute atomic E-state index is 0.0749. The lowest BCUT2D eigenvalue weighted by Crippen LogP contribution is -2.48. The monoisotopic (exact) mass is 394 g/mol. The lowest BCUT2D eigenvalue weighted by Gasteiger charge is -2.38. The molecule has 0 unspecified atom stereocenters. The zero-order chi connectivity index (χ0) is 18.6. The van der Waals surface area contributed by atoms with Gasteiger partial charge in [-0.15, -0.1) is 0 Å². The Hall–Kier alpha value is -1.44. The fraction of sp³-hybridized carbons (Fsp3) is 0.368. The van der Waals surface area contributed by atoms with Crippen molar-refractivity contribution < 1.29 is 13.2 Å². The van der Waals surface area contributed by atoms with Gasteiger partial charge in [0.1, 0.15) is 0 Å². The molecule has 0 amide bonds. The molecule has 1 aliphatic rings. The fourth-order valence-corrected chi connectivity index (χ4v) is 4.88. The largest absolute Gasteiger partial charge is 0.379 e. The highest BCUT2D eigenvalue weighted by atomic mass is 35.5. The summed E-state index contributed by atoms with van der Waals surface area (Å²) in [6.07, 6.45) is 0. The van der Waals surface area contributed by atoms with Crippen molar-refractivity contribution >= 4 is 21.6 Å². The van der Waals surface area contributed by atoms with Gasteiger partial charge in [-0.25, -0.2) is 13.1 Å². The molecule has 2 atom stereocenters. The van der Waals surface area contributed by atoms with Crippen molar-refractivity contribution in [3.05, 3.63) is 65.2 Å². The summed E-state index contributed by atoms with van der Waals surface area (Å²) in [6.45, 7) is 4.73. The third kappa shape index (κ3) is 4.64. The van der Waals surface area contributed by atoms with Crippen molar-refractivity contribution in [3.63, 3.8) is 0 Å². The van der Waals surface area contributed by atoms with Crippen molar-refractivity contribution in [3.8, 4) is 0 Å². The highest BCUT2D eigenvalue weighted by Crippen LogP contribution is 2.27. The van der Waals surface area contributed by atoms with E-state index in [1.54, 1.807) is 18.2 Å². The van der Waals surface area contributed by atoms with Crippen LogP contribution in [0.4, 0.5) is 0 Å². The average Bonchev–Trinajstić information content (AvgIpc) is 2.63. The molecular formula is C19H23ClN2O3S. The van der Waals surface area contributed by atoms with Gasteiger partial charge in [0.25, 0.3) is 0 Å². The number of halogens is 1. The van der Waals surface area contributed by atoms with Gasteiger partial charge < -0.3 is 4.74 Å². The first-order chi connectivity index (χ1) is 12.5. The molecule has 26 heavy (non-hydrogen) atoms. The molecule has 1 heterocycles. The zero-order valence-corrected chi connectivity index (χ0v) is 16.2. The maximum Gasteiger partial charge on any atom is 0.240 e. The topological polar surface area (TPSA) is 58.6 Å². The van der Waals surface area contributed by atoms with Crippen LogP contribution in [0, 0.1) is 0 Å². The normalized spacial score (nSPS) is 18.4. The van der Waals surface area contributed by atoms with Gasteiger partial charge in [0.05, 0.1) is 24.2 Å². The number of sulfonamides is 1. The van der Waals surface area contributed by atoms with Gasteiger partial charge in [0, 0.05) is 24.2 Å². The molecule has 0 saturated carbocycles. The van der Waals surface area contributed by atoms with Crippen LogP contribution in [0.3, 0.4) is 0 Å². The third-order valence-corrected chi connectivity index (χ3v) is 6.29. The van der Waals surface area contributed by atoms with Gasteiger partial charge >= 0.3 is 0 Å². The Labute approximate surface area is 160 Å². The van der Waals surface area contributed by atoms with E-state index in [4.69, 9.17) is 16.3 Å². The SMILES string of the molecule is C[C@H](NS(=O)(=O)c1cccc(Cl)c1)[C@H](c1ccccc1)N1CCOCC1. The molecule has 5 nitrogen and oxygen atoms in total. The van der Waals surface area contributed by atoms with E-state index < -0.39 is 10.0 Å². The molecule has 7 heteroatoms. The van der Waals surface area contributed by atoms with E-state index in [0.717, 1.165) is 18.7 Å². The first-order valence-corrected chi connectivity index (χ1v) is 10.5. The van der Waals surface area contributed by atoms with Crippen molar-refractivity contribution in [2.75, 3.05) is 26.3 Å². The molecule has 1 aliphatic heterocycles. The molecule has 140 valence electrons. The fourth-order valence-electron chi connectivity index (χ4n) is 3.33. The summed E-state index contributed by atoms with van der Waals surface area (Å²) >= 11 is 5.95. The maximum atomic E-state index is 12.8. The summed E-state index contributed by atoms with van der Waals surface area (Å²) in [4.78, 5) is 2.44. The molecule has 1 saturated heterocycles. The predicted octanol–water partition coefficient (Wildman–Crippen LogP) is 3.08. The quantitative estimate of drug-likeness (QED) is 0.818. The second-order valence-electron chi connectivity index (χ2n) is 6.37. The van der Waals surface area contributed by atoms with Crippen molar-refractivity contribution in [1.29, 1.82) is 0 Å². The van der Waals surface area contributed by atoms with E-state index in [2.05, 4.69) is 9.62 Å². The van der Waals surface area contributed by atoms with E-state index in [9.17, 15) is 8.42 Å². The summed E-state index contributed by atoms with van der Waals surface area (Å²) in [5.41, 5.74) is 1.08. The van der Waals surface area contributed by atoms with Crippen LogP contribution < -0.4 is 4.72 Å². The first kappa shape index (κ1) is 19.3. The van der Waals surface area contributed by atoms with Crippen LogP contribution in [-0.4, -0.2) is 45.7 Å². The number of ether oxygens (including phenoxy) is 1. The molecule has 2 aromatic carbocycles. The Kier molecular flexibility index (Phi) is 6.32. The van der Waals surface area contributed by atoms with Gasteiger partial charge in [-0.1, -0.05) is 48.0 Å². The van der Waals surface area contributed by atoms with E-state index in [-0.39, 0.29) is 17.0 Å². The summed E-state index contributed by atoms with van der Waals surface area (Å²) in [5, 5.41) is 0.397. The van der Waals surface area contributed by atoms with Gasteiger partial charge in [-0.2, -0.15) is 0 Å². The van der Waals surface area contributed by atoms with Crippen molar-refractivity contribution in [2.24, 2.45) is 0 Å². The van der Waals surface area contributed by atoms with Crippen LogP contribution in [0.1, 0.15) is 18.5 Å². The third-order valence-electron chi connectivity index (χ3n) is 4.50. The molecule has 1 fully saturated rings. The summed E-state index contributed by atoms with van der Waals surface area (Å²) < 4.78 is 33.9. The molecular weight excluding hydrogens is 372 g/mol. The van der Waals surface area contributed by atoms with Crippen LogP contribution in [0.15, 0.2) is 59.5 Å². The lowest BCUT2D eigenvalue weighted by molar-refractivity contribution is 0.0105. The van der Waals surface area contributed by atoms with Crippen LogP contribution >= 0.6 is 11.6 Å². The number of hydrogen-bond donors (Lipinski definition) is 1. The van der Waals surface area contributed by atoms with Crippen LogP contribution in [0.5, 0.6) is 0 Å². The van der Waals surface area contributed by atoms with Gasteiger partial charge in [0.15, 0.2) is 0 Å². The van der Waals surface area contributed by atoms with Gasteiger partial charge in [-0.05, 0) is 30.7 Å². The number of benzene rings is 2. The Morgan fingerprint density at radius 3 is 2.42 bits per heavy atom. The summed E-state index contributed by atoms with van der Waals surface area (Å²) in [5.74, 6) is 0. The van der Waals surface area contributed by atoms with Crippen LogP contribution in [-0.2, 0) is 14.8 Å². The molecule has 2 aromatic rings. The van der Waals surface area contributed by atoms with E-state index in [0.29, 0.717) is 18.2 Å². The van der Waals surface area contributed by atoms with Crippen molar-refractivity contribution in [1.82, 2.24) is 9.62 Å². The molecule has 0 spiro atoms. The first-order valence-electron chi connectivity index (χ1n) is 8.62. The zero-order valence-electron chi connectivity index (χ0n) is 14.6. The standard InChI is InChI=1S/C19H23ClN2O3S/c1-15(21-26(23,24)18-9-5-8-17(20)14-18)19(16-6-3-2-4-7-16)22-10-12-25-13-11-22/h2-9,14-15,19,21H,10-13H2,1H3/t15-,19+/m0/s1. The highest BCUT2D eigenvalue weighted by Gasteiger charge is 2.30. The number of morpholine rings is 1. The Balaban J connectivity index is 1.86. The summed E-state index contributed by atoms with van der Waals surface area (Å²) in [7, 11) is -3.67. The number of nitrogens with one attached hydrogen (secondary N) is 1. The summed E-state index contributed by atoms with van der Waals surface area (Å²) in [6, 6.07) is 15.9. The minimum Gasteiger partial charge on any atom is -0.379 e. The molecule has 0 aliphatic carbocycles. The second-order valence-corrected chi connectivity index (χ2v) is 8.52. The van der Waals surface area contributed by atoms with Crippen LogP contribution in [0.25, 0.3) is 0 Å². The Morgan fingerprint density at radius 1 is 1.08 bits per heavy atom. The van der Waals surface area contributed by atoms with E-state index in [1.807, 2.05) is 37.3 Å².